The molecule has 5 nitrogen and oxygen atoms in total. The third-order valence-electron chi connectivity index (χ3n) is 3.15. The molecule has 1 saturated carbocycles. The highest BCUT2D eigenvalue weighted by Gasteiger charge is 2.35. The monoisotopic (exact) mass is 245 g/mol. The van der Waals surface area contributed by atoms with Gasteiger partial charge in [0.1, 0.15) is 0 Å². The van der Waals surface area contributed by atoms with E-state index in [1.165, 1.54) is 0 Å². The lowest BCUT2D eigenvalue weighted by atomic mass is 9.79. The lowest BCUT2D eigenvalue weighted by Crippen LogP contribution is -2.47. The van der Waals surface area contributed by atoms with Crippen LogP contribution in [0.1, 0.15) is 25.7 Å². The van der Waals surface area contributed by atoms with Crippen LogP contribution in [0.2, 0.25) is 0 Å². The molecule has 0 aromatic carbocycles. The predicted octanol–water partition coefficient (Wildman–Crippen LogP) is 0.882. The summed E-state index contributed by atoms with van der Waals surface area (Å²) in [6, 6.07) is 0.182. The molecule has 1 aliphatic carbocycles. The van der Waals surface area contributed by atoms with Gasteiger partial charge in [-0.1, -0.05) is 0 Å². The summed E-state index contributed by atoms with van der Waals surface area (Å²) in [6.07, 6.45) is 3.82. The van der Waals surface area contributed by atoms with Gasteiger partial charge in [-0.2, -0.15) is 0 Å². The molecular weight excluding hydrogens is 222 g/mol. The van der Waals surface area contributed by atoms with Crippen molar-refractivity contribution in [1.82, 2.24) is 5.32 Å². The standard InChI is InChI=1S/C12H23NO4/c1-16-8-9-17-7-3-2-6-13-11-5-4-10(11)12(14)15/h10-11,13H,2-9H2,1H3,(H,14,15). The zero-order chi connectivity index (χ0) is 12.5. The number of carbonyl (C=O) groups is 1. The minimum Gasteiger partial charge on any atom is -0.481 e. The maximum Gasteiger partial charge on any atom is 0.308 e. The highest BCUT2D eigenvalue weighted by molar-refractivity contribution is 5.72. The Balaban J connectivity index is 1.86. The van der Waals surface area contributed by atoms with Crippen LogP contribution in [0.4, 0.5) is 0 Å². The average Bonchev–Trinajstić information content (AvgIpc) is 2.24. The van der Waals surface area contributed by atoms with E-state index in [1.807, 2.05) is 0 Å². The van der Waals surface area contributed by atoms with Gasteiger partial charge in [0.15, 0.2) is 0 Å². The first-order valence-corrected chi connectivity index (χ1v) is 6.28. The number of methoxy groups -OCH3 is 1. The molecule has 0 radical (unpaired) electrons. The normalized spacial score (nSPS) is 23.4. The van der Waals surface area contributed by atoms with Gasteiger partial charge in [0.2, 0.25) is 0 Å². The number of ether oxygens (including phenoxy) is 2. The Morgan fingerprint density at radius 2 is 2.12 bits per heavy atom. The van der Waals surface area contributed by atoms with E-state index in [4.69, 9.17) is 14.6 Å². The molecule has 100 valence electrons. The highest BCUT2D eigenvalue weighted by atomic mass is 16.5. The molecule has 5 heteroatoms. The lowest BCUT2D eigenvalue weighted by molar-refractivity contribution is -0.146. The first kappa shape index (κ1) is 14.4. The predicted molar refractivity (Wildman–Crippen MR) is 64.1 cm³/mol. The van der Waals surface area contributed by atoms with Crippen LogP contribution in [0.25, 0.3) is 0 Å². The molecule has 0 amide bonds. The summed E-state index contributed by atoms with van der Waals surface area (Å²) in [5.74, 6) is -0.843. The fourth-order valence-corrected chi connectivity index (χ4v) is 1.90. The number of nitrogens with one attached hydrogen (secondary N) is 1. The zero-order valence-electron chi connectivity index (χ0n) is 10.5. The third kappa shape index (κ3) is 5.48. The van der Waals surface area contributed by atoms with Crippen molar-refractivity contribution in [3.8, 4) is 0 Å². The van der Waals surface area contributed by atoms with Crippen molar-refractivity contribution in [2.45, 2.75) is 31.7 Å². The first-order chi connectivity index (χ1) is 8.25. The Morgan fingerprint density at radius 1 is 1.29 bits per heavy atom. The summed E-state index contributed by atoms with van der Waals surface area (Å²) in [4.78, 5) is 10.8. The molecule has 2 unspecified atom stereocenters. The number of carboxylic acids is 1. The second-order valence-electron chi connectivity index (χ2n) is 4.39. The molecule has 1 fully saturated rings. The quantitative estimate of drug-likeness (QED) is 0.559. The first-order valence-electron chi connectivity index (χ1n) is 6.28. The van der Waals surface area contributed by atoms with Crippen LogP contribution < -0.4 is 5.32 Å². The van der Waals surface area contributed by atoms with E-state index >= 15 is 0 Å². The Labute approximate surface area is 102 Å². The van der Waals surface area contributed by atoms with Gasteiger partial charge in [-0.3, -0.25) is 4.79 Å². The van der Waals surface area contributed by atoms with Crippen molar-refractivity contribution < 1.29 is 19.4 Å². The molecule has 0 heterocycles. The van der Waals surface area contributed by atoms with E-state index in [2.05, 4.69) is 5.32 Å². The molecule has 0 aromatic heterocycles. The van der Waals surface area contributed by atoms with Gasteiger partial charge in [-0.25, -0.2) is 0 Å². The van der Waals surface area contributed by atoms with E-state index in [9.17, 15) is 4.79 Å². The molecule has 1 rings (SSSR count). The van der Waals surface area contributed by atoms with E-state index in [0.717, 1.165) is 38.8 Å². The largest absolute Gasteiger partial charge is 0.481 e. The van der Waals surface area contributed by atoms with Gasteiger partial charge in [0.25, 0.3) is 0 Å². The van der Waals surface area contributed by atoms with Crippen molar-refractivity contribution in [3.63, 3.8) is 0 Å². The fourth-order valence-electron chi connectivity index (χ4n) is 1.90. The topological polar surface area (TPSA) is 67.8 Å². The lowest BCUT2D eigenvalue weighted by Gasteiger charge is -2.34. The summed E-state index contributed by atoms with van der Waals surface area (Å²) in [5, 5.41) is 12.1. The van der Waals surface area contributed by atoms with Crippen molar-refractivity contribution in [3.05, 3.63) is 0 Å². The summed E-state index contributed by atoms with van der Waals surface area (Å²) < 4.78 is 10.2. The van der Waals surface area contributed by atoms with Gasteiger partial charge in [0, 0.05) is 19.8 Å². The minimum absolute atomic E-state index is 0.173. The summed E-state index contributed by atoms with van der Waals surface area (Å²) in [7, 11) is 1.66. The van der Waals surface area contributed by atoms with E-state index in [-0.39, 0.29) is 12.0 Å². The van der Waals surface area contributed by atoms with Crippen molar-refractivity contribution in [2.75, 3.05) is 33.5 Å². The van der Waals surface area contributed by atoms with Gasteiger partial charge < -0.3 is 19.9 Å². The molecule has 2 atom stereocenters. The van der Waals surface area contributed by atoms with E-state index in [1.54, 1.807) is 7.11 Å². The van der Waals surface area contributed by atoms with Crippen LogP contribution in [-0.4, -0.2) is 50.6 Å². The van der Waals surface area contributed by atoms with Crippen LogP contribution in [0.3, 0.4) is 0 Å². The van der Waals surface area contributed by atoms with Crippen LogP contribution in [0, 0.1) is 5.92 Å². The van der Waals surface area contributed by atoms with E-state index in [0.29, 0.717) is 13.2 Å². The summed E-state index contributed by atoms with van der Waals surface area (Å²) >= 11 is 0. The van der Waals surface area contributed by atoms with Crippen LogP contribution in [0.15, 0.2) is 0 Å². The van der Waals surface area contributed by atoms with Gasteiger partial charge in [0.05, 0.1) is 19.1 Å². The van der Waals surface area contributed by atoms with Crippen LogP contribution in [0.5, 0.6) is 0 Å². The number of rotatable bonds is 10. The molecule has 0 spiro atoms. The van der Waals surface area contributed by atoms with Gasteiger partial charge in [-0.05, 0) is 32.2 Å². The summed E-state index contributed by atoms with van der Waals surface area (Å²) in [5.41, 5.74) is 0. The molecule has 1 aliphatic rings. The number of hydrogen-bond donors (Lipinski definition) is 2. The van der Waals surface area contributed by atoms with Crippen molar-refractivity contribution in [1.29, 1.82) is 0 Å². The molecule has 0 saturated heterocycles. The van der Waals surface area contributed by atoms with Gasteiger partial charge >= 0.3 is 5.97 Å². The Morgan fingerprint density at radius 3 is 2.71 bits per heavy atom. The second-order valence-corrected chi connectivity index (χ2v) is 4.39. The van der Waals surface area contributed by atoms with Crippen molar-refractivity contribution in [2.24, 2.45) is 5.92 Å². The fraction of sp³-hybridized carbons (Fsp3) is 0.917. The number of carboxylic acid groups (broad SMARTS) is 1. The maximum atomic E-state index is 10.8. The Bertz CT molecular complexity index is 223. The Kier molecular flexibility index (Phi) is 7.16. The number of hydrogen-bond acceptors (Lipinski definition) is 4. The molecule has 0 bridgehead atoms. The zero-order valence-corrected chi connectivity index (χ0v) is 10.5. The van der Waals surface area contributed by atoms with Crippen LogP contribution in [-0.2, 0) is 14.3 Å². The highest BCUT2D eigenvalue weighted by Crippen LogP contribution is 2.27. The second kappa shape index (κ2) is 8.44. The molecule has 0 aromatic rings. The van der Waals surface area contributed by atoms with Crippen molar-refractivity contribution >= 4 is 5.97 Å². The molecule has 0 aliphatic heterocycles. The SMILES string of the molecule is COCCOCCCCNC1CCC1C(=O)O. The smallest absolute Gasteiger partial charge is 0.308 e. The third-order valence-corrected chi connectivity index (χ3v) is 3.15. The van der Waals surface area contributed by atoms with E-state index < -0.39 is 5.97 Å². The molecule has 17 heavy (non-hydrogen) atoms. The number of unbranched alkanes of at least 4 members (excludes halogenated alkanes) is 1. The minimum atomic E-state index is -0.670. The molecule has 2 N–H and O–H groups in total. The van der Waals surface area contributed by atoms with Gasteiger partial charge in [-0.15, -0.1) is 0 Å². The maximum absolute atomic E-state index is 10.8. The summed E-state index contributed by atoms with van der Waals surface area (Å²) in [6.45, 7) is 2.91. The number of aliphatic carboxylic acids is 1. The molecular formula is C12H23NO4. The van der Waals surface area contributed by atoms with Crippen LogP contribution >= 0.6 is 0 Å². The Hall–Kier alpha value is -0.650. The average molecular weight is 245 g/mol.